The van der Waals surface area contributed by atoms with E-state index in [1.54, 1.807) is 39.1 Å². The van der Waals surface area contributed by atoms with Crippen molar-refractivity contribution in [3.8, 4) is 0 Å². The summed E-state index contributed by atoms with van der Waals surface area (Å²) < 4.78 is 5.08. The number of ether oxygens (including phenoxy) is 1. The highest BCUT2D eigenvalue weighted by molar-refractivity contribution is 5.67. The van der Waals surface area contributed by atoms with Gasteiger partial charge in [0, 0.05) is 18.4 Å². The first-order valence-corrected chi connectivity index (χ1v) is 6.94. The fourth-order valence-corrected chi connectivity index (χ4v) is 1.77. The molecule has 0 aliphatic heterocycles. The molecule has 0 aliphatic carbocycles. The lowest BCUT2D eigenvalue weighted by Gasteiger charge is -2.21. The molecule has 0 saturated heterocycles. The molecule has 0 aliphatic rings. The molecule has 0 bridgehead atoms. The zero-order valence-electron chi connectivity index (χ0n) is 13.0. The first kappa shape index (κ1) is 17.4. The molecule has 3 N–H and O–H groups in total. The number of aryl methyl sites for hydroxylation is 1. The van der Waals surface area contributed by atoms with Crippen molar-refractivity contribution in [2.45, 2.75) is 51.9 Å². The van der Waals surface area contributed by atoms with Crippen molar-refractivity contribution in [1.82, 2.24) is 10.3 Å². The Kier molecular flexibility index (Phi) is 6.11. The topological polar surface area (TPSA) is 91.7 Å². The van der Waals surface area contributed by atoms with Crippen LogP contribution >= 0.6 is 0 Å². The number of rotatable bonds is 5. The summed E-state index contributed by atoms with van der Waals surface area (Å²) in [6.07, 6.45) is -0.709. The van der Waals surface area contributed by atoms with Crippen LogP contribution in [0.1, 0.15) is 44.6 Å². The largest absolute Gasteiger partial charge is 0.444 e. The molecule has 1 rings (SSSR count). The molecule has 1 amide bonds. The van der Waals surface area contributed by atoms with Crippen LogP contribution in [-0.4, -0.2) is 39.5 Å². The fraction of sp³-hybridized carbons (Fsp3) is 0.600. The Morgan fingerprint density at radius 3 is 2.67 bits per heavy atom. The molecular formula is C15H24N2O4. The molecule has 0 saturated carbocycles. The summed E-state index contributed by atoms with van der Waals surface area (Å²) in [5.74, 6) is 0. The van der Waals surface area contributed by atoms with Crippen LogP contribution in [-0.2, 0) is 4.74 Å². The monoisotopic (exact) mass is 296 g/mol. The van der Waals surface area contributed by atoms with Crippen LogP contribution in [0.2, 0.25) is 0 Å². The molecule has 6 nitrogen and oxygen atoms in total. The van der Waals surface area contributed by atoms with Crippen molar-refractivity contribution < 1.29 is 19.7 Å². The van der Waals surface area contributed by atoms with E-state index in [0.717, 1.165) is 5.69 Å². The first-order chi connectivity index (χ1) is 9.69. The average molecular weight is 296 g/mol. The van der Waals surface area contributed by atoms with E-state index in [2.05, 4.69) is 10.3 Å². The van der Waals surface area contributed by atoms with Crippen molar-refractivity contribution in [3.63, 3.8) is 0 Å². The summed E-state index contributed by atoms with van der Waals surface area (Å²) in [5, 5.41) is 22.5. The Morgan fingerprint density at radius 1 is 1.43 bits per heavy atom. The van der Waals surface area contributed by atoms with Crippen LogP contribution in [0, 0.1) is 6.92 Å². The van der Waals surface area contributed by atoms with Gasteiger partial charge in [0.2, 0.25) is 0 Å². The number of hydrogen-bond acceptors (Lipinski definition) is 5. The Morgan fingerprint density at radius 2 is 2.10 bits per heavy atom. The maximum Gasteiger partial charge on any atom is 0.407 e. The van der Waals surface area contributed by atoms with Gasteiger partial charge in [-0.15, -0.1) is 0 Å². The maximum absolute atomic E-state index is 11.4. The zero-order valence-corrected chi connectivity index (χ0v) is 13.0. The number of carbonyl (C=O) groups is 1. The number of aliphatic hydroxyl groups is 2. The number of amides is 1. The normalized spacial score (nSPS) is 14.4. The fourth-order valence-electron chi connectivity index (χ4n) is 1.77. The first-order valence-electron chi connectivity index (χ1n) is 6.94. The molecule has 1 aromatic heterocycles. The second kappa shape index (κ2) is 7.38. The number of alkyl carbamates (subject to hydrolysis) is 1. The van der Waals surface area contributed by atoms with Gasteiger partial charge in [-0.25, -0.2) is 4.79 Å². The number of aliphatic hydroxyl groups excluding tert-OH is 2. The third-order valence-corrected chi connectivity index (χ3v) is 2.74. The van der Waals surface area contributed by atoms with E-state index >= 15 is 0 Å². The summed E-state index contributed by atoms with van der Waals surface area (Å²) >= 11 is 0. The molecule has 1 heterocycles. The van der Waals surface area contributed by atoms with Crippen LogP contribution < -0.4 is 5.32 Å². The van der Waals surface area contributed by atoms with Gasteiger partial charge >= 0.3 is 6.09 Å². The van der Waals surface area contributed by atoms with Crippen LogP contribution in [0.25, 0.3) is 0 Å². The third kappa shape index (κ3) is 6.55. The molecular weight excluding hydrogens is 272 g/mol. The van der Waals surface area contributed by atoms with E-state index in [1.165, 1.54) is 0 Å². The lowest BCUT2D eigenvalue weighted by molar-refractivity contribution is 0.0122. The Hall–Kier alpha value is -1.66. The number of carbonyl (C=O) groups excluding carboxylic acids is 1. The van der Waals surface area contributed by atoms with E-state index in [4.69, 9.17) is 4.74 Å². The predicted molar refractivity (Wildman–Crippen MR) is 78.8 cm³/mol. The minimum atomic E-state index is -1.01. The number of pyridine rings is 1. The Balaban J connectivity index is 2.40. The van der Waals surface area contributed by atoms with E-state index in [-0.39, 0.29) is 13.0 Å². The molecule has 0 radical (unpaired) electrons. The highest BCUT2D eigenvalue weighted by Gasteiger charge is 2.20. The van der Waals surface area contributed by atoms with E-state index in [1.807, 2.05) is 6.92 Å². The Bertz CT molecular complexity index is 471. The van der Waals surface area contributed by atoms with Crippen molar-refractivity contribution in [1.29, 1.82) is 0 Å². The smallest absolute Gasteiger partial charge is 0.407 e. The minimum Gasteiger partial charge on any atom is -0.444 e. The molecule has 118 valence electrons. The summed E-state index contributed by atoms with van der Waals surface area (Å²) in [6.45, 7) is 7.36. The van der Waals surface area contributed by atoms with Gasteiger partial charge in [0.05, 0.1) is 6.10 Å². The molecule has 0 spiro atoms. The highest BCUT2D eigenvalue weighted by Crippen LogP contribution is 2.18. The summed E-state index contributed by atoms with van der Waals surface area (Å²) in [4.78, 5) is 15.5. The quantitative estimate of drug-likeness (QED) is 0.769. The molecule has 6 heteroatoms. The summed E-state index contributed by atoms with van der Waals surface area (Å²) in [5.41, 5.74) is 0.814. The Labute approximate surface area is 125 Å². The van der Waals surface area contributed by atoms with Crippen molar-refractivity contribution in [3.05, 3.63) is 29.6 Å². The second-order valence-corrected chi connectivity index (χ2v) is 5.96. The van der Waals surface area contributed by atoms with Gasteiger partial charge in [-0.1, -0.05) is 0 Å². The van der Waals surface area contributed by atoms with Crippen molar-refractivity contribution in [2.24, 2.45) is 0 Å². The van der Waals surface area contributed by atoms with Gasteiger partial charge in [-0.2, -0.15) is 0 Å². The molecule has 0 fully saturated rings. The van der Waals surface area contributed by atoms with Crippen molar-refractivity contribution in [2.75, 3.05) is 6.54 Å². The number of aromatic nitrogens is 1. The van der Waals surface area contributed by atoms with E-state index in [0.29, 0.717) is 5.56 Å². The summed E-state index contributed by atoms with van der Waals surface area (Å²) in [6, 6.07) is 3.37. The van der Waals surface area contributed by atoms with Crippen molar-refractivity contribution >= 4 is 6.09 Å². The van der Waals surface area contributed by atoms with Gasteiger partial charge in [-0.3, -0.25) is 4.98 Å². The van der Waals surface area contributed by atoms with E-state index < -0.39 is 23.9 Å². The molecule has 21 heavy (non-hydrogen) atoms. The van der Waals surface area contributed by atoms with Gasteiger partial charge < -0.3 is 20.3 Å². The molecule has 2 unspecified atom stereocenters. The second-order valence-electron chi connectivity index (χ2n) is 5.96. The molecule has 2 atom stereocenters. The lowest BCUT2D eigenvalue weighted by atomic mass is 10.0. The van der Waals surface area contributed by atoms with Gasteiger partial charge in [0.25, 0.3) is 0 Å². The molecule has 1 aromatic rings. The van der Waals surface area contributed by atoms with Gasteiger partial charge in [0.1, 0.15) is 11.7 Å². The van der Waals surface area contributed by atoms with Gasteiger partial charge in [0.15, 0.2) is 0 Å². The van der Waals surface area contributed by atoms with Gasteiger partial charge in [-0.05, 0) is 51.8 Å². The number of nitrogens with zero attached hydrogens (tertiary/aromatic N) is 1. The van der Waals surface area contributed by atoms with E-state index in [9.17, 15) is 15.0 Å². The highest BCUT2D eigenvalue weighted by atomic mass is 16.6. The standard InChI is InChI=1S/C15H24N2O4/c1-10-9-11(5-7-16-10)13(19)12(18)6-8-17-14(20)21-15(2,3)4/h5,7,9,12-13,18-19H,6,8H2,1-4H3,(H,17,20). The van der Waals surface area contributed by atoms with Crippen LogP contribution in [0.5, 0.6) is 0 Å². The average Bonchev–Trinajstić information content (AvgIpc) is 2.35. The van der Waals surface area contributed by atoms with Crippen LogP contribution in [0.4, 0.5) is 4.79 Å². The van der Waals surface area contributed by atoms with Crippen LogP contribution in [0.15, 0.2) is 18.3 Å². The summed E-state index contributed by atoms with van der Waals surface area (Å²) in [7, 11) is 0. The predicted octanol–water partition coefficient (Wildman–Crippen LogP) is 1.70. The maximum atomic E-state index is 11.4. The number of nitrogens with one attached hydrogen (secondary N) is 1. The number of hydrogen-bond donors (Lipinski definition) is 3. The SMILES string of the molecule is Cc1cc(C(O)C(O)CCNC(=O)OC(C)(C)C)ccn1. The minimum absolute atomic E-state index is 0.219. The van der Waals surface area contributed by atoms with Crippen LogP contribution in [0.3, 0.4) is 0 Å². The molecule has 0 aromatic carbocycles. The third-order valence-electron chi connectivity index (χ3n) is 2.74. The zero-order chi connectivity index (χ0) is 16.0. The lowest BCUT2D eigenvalue weighted by Crippen LogP contribution is -2.34.